The van der Waals surface area contributed by atoms with E-state index >= 15 is 0 Å². The van der Waals surface area contributed by atoms with Crippen molar-refractivity contribution in [2.45, 2.75) is 23.5 Å². The molecule has 0 saturated heterocycles. The summed E-state index contributed by atoms with van der Waals surface area (Å²) in [6, 6.07) is 1.70. The SMILES string of the molecule is NC(=O)c1ccc(OC(F)(F)[C@H](F)Cl)cc1OC(F)(F)[C@@H](F)Cl. The van der Waals surface area contributed by atoms with E-state index in [9.17, 15) is 31.1 Å². The van der Waals surface area contributed by atoms with Gasteiger partial charge in [0.05, 0.1) is 5.56 Å². The average molecular weight is 386 g/mol. The summed E-state index contributed by atoms with van der Waals surface area (Å²) in [5, 5.41) is 0. The van der Waals surface area contributed by atoms with Crippen LogP contribution in [0, 0.1) is 0 Å². The highest BCUT2D eigenvalue weighted by Gasteiger charge is 2.44. The van der Waals surface area contributed by atoms with Crippen LogP contribution in [-0.4, -0.2) is 29.4 Å². The number of amides is 1. The number of hydrogen-bond donors (Lipinski definition) is 1. The molecule has 0 aromatic heterocycles. The van der Waals surface area contributed by atoms with E-state index in [-0.39, 0.29) is 0 Å². The molecule has 0 aliphatic carbocycles. The van der Waals surface area contributed by atoms with Gasteiger partial charge in [0.25, 0.3) is 17.2 Å². The first-order chi connectivity index (χ1) is 10.4. The molecule has 0 heterocycles. The molecule has 4 nitrogen and oxygen atoms in total. The molecule has 0 unspecified atom stereocenters. The summed E-state index contributed by atoms with van der Waals surface area (Å²) < 4.78 is 85.0. The van der Waals surface area contributed by atoms with Gasteiger partial charge in [-0.25, -0.2) is 8.78 Å². The normalized spacial score (nSPS) is 15.0. The number of alkyl halides is 8. The summed E-state index contributed by atoms with van der Waals surface area (Å²) in [4.78, 5) is 11.1. The van der Waals surface area contributed by atoms with Gasteiger partial charge in [0, 0.05) is 6.07 Å². The summed E-state index contributed by atoms with van der Waals surface area (Å²) in [6.07, 6.45) is -9.12. The van der Waals surface area contributed by atoms with Gasteiger partial charge in [-0.15, -0.1) is 0 Å². The summed E-state index contributed by atoms with van der Waals surface area (Å²) in [7, 11) is 0. The predicted octanol–water partition coefficient (Wildman–Crippen LogP) is 3.80. The highest BCUT2D eigenvalue weighted by atomic mass is 35.5. The molecule has 0 radical (unpaired) electrons. The number of nitrogens with two attached hydrogens (primary N) is 1. The van der Waals surface area contributed by atoms with Crippen LogP contribution in [0.5, 0.6) is 11.5 Å². The van der Waals surface area contributed by atoms with Gasteiger partial charge in [-0.3, -0.25) is 4.79 Å². The zero-order valence-corrected chi connectivity index (χ0v) is 12.2. The summed E-state index contributed by atoms with van der Waals surface area (Å²) >= 11 is 9.12. The molecule has 2 N–H and O–H groups in total. The minimum absolute atomic E-state index is 0.348. The number of ether oxygens (including phenoxy) is 2. The van der Waals surface area contributed by atoms with Crippen LogP contribution in [0.15, 0.2) is 18.2 Å². The number of rotatable bonds is 7. The molecule has 1 aromatic rings. The van der Waals surface area contributed by atoms with Gasteiger partial charge in [0.1, 0.15) is 11.5 Å². The Bertz CT molecular complexity index is 585. The second kappa shape index (κ2) is 6.91. The van der Waals surface area contributed by atoms with E-state index in [2.05, 4.69) is 32.7 Å². The molecule has 0 aliphatic heterocycles. The number of benzene rings is 1. The molecule has 12 heteroatoms. The molecular formula is C11H7Cl2F6NO3. The van der Waals surface area contributed by atoms with Crippen LogP contribution in [0.2, 0.25) is 0 Å². The van der Waals surface area contributed by atoms with Crippen LogP contribution in [0.4, 0.5) is 26.3 Å². The lowest BCUT2D eigenvalue weighted by Gasteiger charge is -2.21. The molecule has 1 rings (SSSR count). The Balaban J connectivity index is 3.21. The summed E-state index contributed by atoms with van der Waals surface area (Å²) in [6.45, 7) is 0. The number of primary amides is 1. The van der Waals surface area contributed by atoms with Crippen molar-refractivity contribution in [3.05, 3.63) is 23.8 Å². The number of carbonyl (C=O) groups is 1. The maximum atomic E-state index is 13.1. The third-order valence-corrected chi connectivity index (χ3v) is 2.73. The number of halogens is 8. The Morgan fingerprint density at radius 2 is 1.52 bits per heavy atom. The van der Waals surface area contributed by atoms with Gasteiger partial charge in [0.2, 0.25) is 0 Å². The Morgan fingerprint density at radius 1 is 1.04 bits per heavy atom. The second-order valence-electron chi connectivity index (χ2n) is 3.95. The fraction of sp³-hybridized carbons (Fsp3) is 0.364. The van der Waals surface area contributed by atoms with E-state index in [4.69, 9.17) is 5.73 Å². The van der Waals surface area contributed by atoms with E-state index in [0.717, 1.165) is 0 Å². The van der Waals surface area contributed by atoms with E-state index in [1.165, 1.54) is 0 Å². The Labute approximate surface area is 135 Å². The standard InChI is InChI=1S/C11H7Cl2F6NO3/c12-8(14)10(16,17)22-4-1-2-5(7(20)21)6(3-4)23-11(18,19)9(13)15/h1-3,8-9H,(H2,20,21)/t8-,9+/m0/s1. The Kier molecular flexibility index (Phi) is 5.86. The molecule has 0 spiro atoms. The molecular weight excluding hydrogens is 379 g/mol. The smallest absolute Gasteiger partial charge is 0.429 e. The van der Waals surface area contributed by atoms with Crippen molar-refractivity contribution in [1.29, 1.82) is 0 Å². The maximum Gasteiger partial charge on any atom is 0.444 e. The van der Waals surface area contributed by atoms with Crippen molar-refractivity contribution < 1.29 is 40.6 Å². The van der Waals surface area contributed by atoms with Crippen molar-refractivity contribution in [2.75, 3.05) is 0 Å². The van der Waals surface area contributed by atoms with Gasteiger partial charge in [-0.2, -0.15) is 17.6 Å². The molecule has 0 bridgehead atoms. The largest absolute Gasteiger partial charge is 0.444 e. The monoisotopic (exact) mass is 385 g/mol. The van der Waals surface area contributed by atoms with Gasteiger partial charge < -0.3 is 15.2 Å². The van der Waals surface area contributed by atoms with Crippen molar-refractivity contribution in [3.8, 4) is 11.5 Å². The fourth-order valence-electron chi connectivity index (χ4n) is 1.25. The average Bonchev–Trinajstić information content (AvgIpc) is 2.37. The quantitative estimate of drug-likeness (QED) is 0.573. The lowest BCUT2D eigenvalue weighted by molar-refractivity contribution is -0.202. The second-order valence-corrected chi connectivity index (χ2v) is 4.72. The Hall–Kier alpha value is -1.55. The lowest BCUT2D eigenvalue weighted by Crippen LogP contribution is -2.34. The van der Waals surface area contributed by atoms with Crippen LogP contribution in [0.25, 0.3) is 0 Å². The van der Waals surface area contributed by atoms with E-state index in [0.29, 0.717) is 18.2 Å². The van der Waals surface area contributed by atoms with Crippen LogP contribution in [-0.2, 0) is 0 Å². The van der Waals surface area contributed by atoms with Crippen molar-refractivity contribution in [2.24, 2.45) is 5.73 Å². The third-order valence-electron chi connectivity index (χ3n) is 2.23. The van der Waals surface area contributed by atoms with Gasteiger partial charge in [-0.1, -0.05) is 23.2 Å². The first kappa shape index (κ1) is 19.5. The third kappa shape index (κ3) is 4.96. The number of hydrogen-bond acceptors (Lipinski definition) is 3. The first-order valence-corrected chi connectivity index (χ1v) is 6.38. The van der Waals surface area contributed by atoms with Gasteiger partial charge in [0.15, 0.2) is 0 Å². The zero-order valence-electron chi connectivity index (χ0n) is 10.7. The molecule has 23 heavy (non-hydrogen) atoms. The minimum atomic E-state index is -4.61. The zero-order chi connectivity index (χ0) is 18.0. The topological polar surface area (TPSA) is 61.6 Å². The van der Waals surface area contributed by atoms with Crippen LogP contribution in [0.1, 0.15) is 10.4 Å². The fourth-order valence-corrected chi connectivity index (χ4v) is 1.34. The van der Waals surface area contributed by atoms with Crippen LogP contribution in [0.3, 0.4) is 0 Å². The minimum Gasteiger partial charge on any atom is -0.429 e. The molecule has 1 aromatic carbocycles. The van der Waals surface area contributed by atoms with Gasteiger partial charge in [-0.05, 0) is 12.1 Å². The molecule has 1 amide bonds. The molecule has 2 atom stereocenters. The van der Waals surface area contributed by atoms with Crippen molar-refractivity contribution >= 4 is 29.1 Å². The van der Waals surface area contributed by atoms with E-state index in [1.807, 2.05) is 0 Å². The summed E-state index contributed by atoms with van der Waals surface area (Å²) in [5.74, 6) is -3.30. The van der Waals surface area contributed by atoms with E-state index in [1.54, 1.807) is 0 Å². The first-order valence-electron chi connectivity index (χ1n) is 5.50. The summed E-state index contributed by atoms with van der Waals surface area (Å²) in [5.41, 5.74) is -2.39. The lowest BCUT2D eigenvalue weighted by atomic mass is 10.2. The van der Waals surface area contributed by atoms with Crippen molar-refractivity contribution in [1.82, 2.24) is 0 Å². The maximum absolute atomic E-state index is 13.1. The molecule has 0 saturated carbocycles. The van der Waals surface area contributed by atoms with Crippen LogP contribution >= 0.6 is 23.2 Å². The van der Waals surface area contributed by atoms with Crippen molar-refractivity contribution in [3.63, 3.8) is 0 Å². The van der Waals surface area contributed by atoms with E-state index < -0.39 is 46.4 Å². The van der Waals surface area contributed by atoms with Crippen LogP contribution < -0.4 is 15.2 Å². The molecule has 0 aliphatic rings. The predicted molar refractivity (Wildman–Crippen MR) is 67.6 cm³/mol. The highest BCUT2D eigenvalue weighted by Crippen LogP contribution is 2.35. The van der Waals surface area contributed by atoms with Gasteiger partial charge >= 0.3 is 12.2 Å². The Morgan fingerprint density at radius 3 is 1.96 bits per heavy atom. The number of carbonyl (C=O) groups excluding carboxylic acids is 1. The molecule has 0 fully saturated rings. The molecule has 130 valence electrons. The highest BCUT2D eigenvalue weighted by molar-refractivity contribution is 6.20.